The Labute approximate surface area is 68.9 Å². The second-order valence-electron chi connectivity index (χ2n) is 2.42. The summed E-state index contributed by atoms with van der Waals surface area (Å²) >= 11 is 0. The van der Waals surface area contributed by atoms with Gasteiger partial charge in [0.25, 0.3) is 0 Å². The Bertz CT molecular complexity index is 115. The van der Waals surface area contributed by atoms with Crippen LogP contribution in [0.25, 0.3) is 0 Å². The number of nitrogens with one attached hydrogen (secondary N) is 1. The second kappa shape index (κ2) is 6.16. The number of ether oxygens (including phenoxy) is 1. The van der Waals surface area contributed by atoms with E-state index >= 15 is 0 Å². The summed E-state index contributed by atoms with van der Waals surface area (Å²) in [7, 11) is 1.92. The van der Waals surface area contributed by atoms with Crippen LogP contribution in [-0.2, 0) is 4.74 Å². The van der Waals surface area contributed by atoms with E-state index in [0.717, 1.165) is 26.2 Å². The van der Waals surface area contributed by atoms with Gasteiger partial charge in [-0.1, -0.05) is 6.92 Å². The minimum Gasteiger partial charge on any atom is -0.380 e. The quantitative estimate of drug-likeness (QED) is 0.372. The van der Waals surface area contributed by atoms with Gasteiger partial charge in [-0.25, -0.2) is 0 Å². The van der Waals surface area contributed by atoms with Crippen LogP contribution < -0.4 is 0 Å². The molecule has 0 spiro atoms. The van der Waals surface area contributed by atoms with E-state index in [4.69, 9.17) is 10.1 Å². The van der Waals surface area contributed by atoms with E-state index in [9.17, 15) is 0 Å². The van der Waals surface area contributed by atoms with Gasteiger partial charge in [-0.3, -0.25) is 5.41 Å². The van der Waals surface area contributed by atoms with Gasteiger partial charge in [0.15, 0.2) is 0 Å². The van der Waals surface area contributed by atoms with Crippen molar-refractivity contribution in [2.45, 2.75) is 20.3 Å². The molecule has 3 heteroatoms. The van der Waals surface area contributed by atoms with Gasteiger partial charge in [0.2, 0.25) is 0 Å². The van der Waals surface area contributed by atoms with E-state index in [1.54, 1.807) is 0 Å². The van der Waals surface area contributed by atoms with Gasteiger partial charge < -0.3 is 9.64 Å². The SMILES string of the molecule is CCOCCN(C)C(=N)CC. The molecule has 0 aliphatic rings. The molecule has 0 aliphatic heterocycles. The molecule has 0 rings (SSSR count). The summed E-state index contributed by atoms with van der Waals surface area (Å²) in [4.78, 5) is 1.91. The maximum absolute atomic E-state index is 7.45. The third-order valence-electron chi connectivity index (χ3n) is 1.57. The molecule has 11 heavy (non-hydrogen) atoms. The van der Waals surface area contributed by atoms with Gasteiger partial charge in [0, 0.05) is 26.6 Å². The van der Waals surface area contributed by atoms with Crippen LogP contribution in [0.2, 0.25) is 0 Å². The van der Waals surface area contributed by atoms with Crippen LogP contribution in [0.3, 0.4) is 0 Å². The second-order valence-corrected chi connectivity index (χ2v) is 2.42. The molecule has 0 unspecified atom stereocenters. The maximum atomic E-state index is 7.45. The molecule has 0 aromatic heterocycles. The molecule has 1 N–H and O–H groups in total. The number of hydrogen-bond donors (Lipinski definition) is 1. The molecular formula is C8H18N2O. The zero-order valence-electron chi connectivity index (χ0n) is 7.68. The fraction of sp³-hybridized carbons (Fsp3) is 0.875. The number of nitrogens with zero attached hydrogens (tertiary/aromatic N) is 1. The lowest BCUT2D eigenvalue weighted by molar-refractivity contribution is 0.136. The minimum atomic E-state index is 0.671. The molecule has 0 saturated carbocycles. The van der Waals surface area contributed by atoms with Gasteiger partial charge in [-0.15, -0.1) is 0 Å². The van der Waals surface area contributed by atoms with E-state index in [1.807, 2.05) is 25.8 Å². The average molecular weight is 158 g/mol. The van der Waals surface area contributed by atoms with Crippen LogP contribution in [-0.4, -0.2) is 37.5 Å². The van der Waals surface area contributed by atoms with Crippen molar-refractivity contribution in [3.63, 3.8) is 0 Å². The Morgan fingerprint density at radius 3 is 2.55 bits per heavy atom. The third-order valence-corrected chi connectivity index (χ3v) is 1.57. The first-order valence-electron chi connectivity index (χ1n) is 4.08. The summed E-state index contributed by atoms with van der Waals surface area (Å²) in [6.07, 6.45) is 0.794. The molecule has 0 aromatic carbocycles. The Balaban J connectivity index is 3.36. The van der Waals surface area contributed by atoms with E-state index in [-0.39, 0.29) is 0 Å². The molecule has 0 amide bonds. The van der Waals surface area contributed by atoms with Crippen LogP contribution in [0.4, 0.5) is 0 Å². The smallest absolute Gasteiger partial charge is 0.0953 e. The number of rotatable bonds is 5. The molecule has 0 atom stereocenters. The summed E-state index contributed by atoms with van der Waals surface area (Å²) in [6.45, 7) is 6.26. The van der Waals surface area contributed by atoms with Crippen molar-refractivity contribution in [1.82, 2.24) is 4.90 Å². The lowest BCUT2D eigenvalue weighted by atomic mass is 10.4. The van der Waals surface area contributed by atoms with Crippen LogP contribution in [0.5, 0.6) is 0 Å². The fourth-order valence-corrected chi connectivity index (χ4v) is 0.751. The van der Waals surface area contributed by atoms with Crippen LogP contribution in [0.15, 0.2) is 0 Å². The van der Waals surface area contributed by atoms with Crippen molar-refractivity contribution >= 4 is 5.84 Å². The lowest BCUT2D eigenvalue weighted by Crippen LogP contribution is -2.28. The first-order chi connectivity index (χ1) is 5.22. The first-order valence-corrected chi connectivity index (χ1v) is 4.08. The van der Waals surface area contributed by atoms with E-state index in [1.165, 1.54) is 0 Å². The fourth-order valence-electron chi connectivity index (χ4n) is 0.751. The Morgan fingerprint density at radius 2 is 2.09 bits per heavy atom. The van der Waals surface area contributed by atoms with Crippen molar-refractivity contribution < 1.29 is 4.74 Å². The summed E-state index contributed by atoms with van der Waals surface area (Å²) in [5.41, 5.74) is 0. The zero-order chi connectivity index (χ0) is 8.69. The molecule has 0 heterocycles. The third kappa shape index (κ3) is 4.79. The number of hydrogen-bond acceptors (Lipinski definition) is 2. The molecule has 0 aromatic rings. The molecule has 0 bridgehead atoms. The van der Waals surface area contributed by atoms with E-state index in [0.29, 0.717) is 5.84 Å². The molecule has 66 valence electrons. The van der Waals surface area contributed by atoms with Crippen molar-refractivity contribution in [3.05, 3.63) is 0 Å². The lowest BCUT2D eigenvalue weighted by Gasteiger charge is -2.18. The van der Waals surface area contributed by atoms with Crippen molar-refractivity contribution in [1.29, 1.82) is 5.41 Å². The largest absolute Gasteiger partial charge is 0.380 e. The zero-order valence-corrected chi connectivity index (χ0v) is 7.68. The van der Waals surface area contributed by atoms with Crippen LogP contribution in [0.1, 0.15) is 20.3 Å². The normalized spacial score (nSPS) is 9.73. The van der Waals surface area contributed by atoms with Gasteiger partial charge in [-0.2, -0.15) is 0 Å². The van der Waals surface area contributed by atoms with Gasteiger partial charge in [-0.05, 0) is 6.92 Å². The Hall–Kier alpha value is -0.570. The number of amidine groups is 1. The van der Waals surface area contributed by atoms with Crippen molar-refractivity contribution in [2.75, 3.05) is 26.8 Å². The monoisotopic (exact) mass is 158 g/mol. The summed E-state index contributed by atoms with van der Waals surface area (Å²) in [6, 6.07) is 0. The van der Waals surface area contributed by atoms with Gasteiger partial charge in [0.1, 0.15) is 0 Å². The maximum Gasteiger partial charge on any atom is 0.0953 e. The predicted octanol–water partition coefficient (Wildman–Crippen LogP) is 1.34. The summed E-state index contributed by atoms with van der Waals surface area (Å²) in [5, 5.41) is 7.45. The molecule has 0 aliphatic carbocycles. The molecule has 0 saturated heterocycles. The van der Waals surface area contributed by atoms with Crippen LogP contribution in [0, 0.1) is 5.41 Å². The Kier molecular flexibility index (Phi) is 5.84. The first kappa shape index (κ1) is 10.4. The topological polar surface area (TPSA) is 36.3 Å². The van der Waals surface area contributed by atoms with Crippen molar-refractivity contribution in [3.8, 4) is 0 Å². The summed E-state index contributed by atoms with van der Waals surface area (Å²) < 4.78 is 5.16. The van der Waals surface area contributed by atoms with Gasteiger partial charge >= 0.3 is 0 Å². The highest BCUT2D eigenvalue weighted by Crippen LogP contribution is 1.89. The molecule has 0 radical (unpaired) electrons. The van der Waals surface area contributed by atoms with E-state index < -0.39 is 0 Å². The highest BCUT2D eigenvalue weighted by atomic mass is 16.5. The molecular weight excluding hydrogens is 140 g/mol. The average Bonchev–Trinajstić information content (AvgIpc) is 2.03. The number of likely N-dealkylation sites (N-methyl/N-ethyl adjacent to an activating group) is 1. The van der Waals surface area contributed by atoms with E-state index in [2.05, 4.69) is 0 Å². The van der Waals surface area contributed by atoms with Crippen LogP contribution >= 0.6 is 0 Å². The minimum absolute atomic E-state index is 0.671. The Morgan fingerprint density at radius 1 is 1.45 bits per heavy atom. The van der Waals surface area contributed by atoms with Gasteiger partial charge in [0.05, 0.1) is 12.4 Å². The predicted molar refractivity (Wildman–Crippen MR) is 47.1 cm³/mol. The van der Waals surface area contributed by atoms with Crippen molar-refractivity contribution in [2.24, 2.45) is 0 Å². The summed E-state index contributed by atoms with van der Waals surface area (Å²) in [5.74, 6) is 0.671. The highest BCUT2D eigenvalue weighted by molar-refractivity contribution is 5.78. The highest BCUT2D eigenvalue weighted by Gasteiger charge is 1.99. The molecule has 0 fully saturated rings. The standard InChI is InChI=1S/C8H18N2O/c1-4-8(9)10(3)6-7-11-5-2/h9H,4-7H2,1-3H3. The molecule has 3 nitrogen and oxygen atoms in total.